The van der Waals surface area contributed by atoms with Crippen LogP contribution in [0.15, 0.2) is 65.3 Å². The molecule has 1 amide bonds. The van der Waals surface area contributed by atoms with Gasteiger partial charge in [0.15, 0.2) is 0 Å². The molecule has 5 nitrogen and oxygen atoms in total. The van der Waals surface area contributed by atoms with Gasteiger partial charge < -0.3 is 9.73 Å². The van der Waals surface area contributed by atoms with Crippen molar-refractivity contribution in [1.82, 2.24) is 15.2 Å². The molecule has 0 saturated carbocycles. The first-order chi connectivity index (χ1) is 14.2. The zero-order valence-corrected chi connectivity index (χ0v) is 16.9. The van der Waals surface area contributed by atoms with Gasteiger partial charge in [-0.05, 0) is 61.7 Å². The number of hydrogen-bond donors (Lipinski definition) is 1. The Hall–Kier alpha value is -2.63. The van der Waals surface area contributed by atoms with Crippen molar-refractivity contribution in [2.75, 3.05) is 19.6 Å². The minimum absolute atomic E-state index is 0.0642. The van der Waals surface area contributed by atoms with Gasteiger partial charge >= 0.3 is 0 Å². The van der Waals surface area contributed by atoms with Crippen LogP contribution in [0.25, 0.3) is 11.3 Å². The Morgan fingerprint density at radius 2 is 2.10 bits per heavy atom. The van der Waals surface area contributed by atoms with Gasteiger partial charge in [0.1, 0.15) is 11.5 Å². The lowest BCUT2D eigenvalue weighted by Crippen LogP contribution is -2.40. The van der Waals surface area contributed by atoms with Crippen LogP contribution in [-0.4, -0.2) is 35.4 Å². The normalized spacial score (nSPS) is 17.2. The Morgan fingerprint density at radius 3 is 2.93 bits per heavy atom. The average Bonchev–Trinajstić information content (AvgIpc) is 3.21. The highest BCUT2D eigenvalue weighted by Crippen LogP contribution is 2.29. The number of nitrogens with one attached hydrogen (secondary N) is 1. The van der Waals surface area contributed by atoms with Crippen LogP contribution in [-0.2, 0) is 6.54 Å². The van der Waals surface area contributed by atoms with E-state index in [4.69, 9.17) is 16.0 Å². The number of carbonyl (C=O) groups is 1. The second kappa shape index (κ2) is 9.25. The number of benzene rings is 1. The van der Waals surface area contributed by atoms with E-state index in [-0.39, 0.29) is 5.91 Å². The van der Waals surface area contributed by atoms with Gasteiger partial charge in [-0.1, -0.05) is 23.7 Å². The first-order valence-corrected chi connectivity index (χ1v) is 10.3. The maximum atomic E-state index is 12.2. The average molecular weight is 410 g/mol. The number of likely N-dealkylation sites (tertiary alicyclic amines) is 1. The highest BCUT2D eigenvalue weighted by Gasteiger charge is 2.22. The summed E-state index contributed by atoms with van der Waals surface area (Å²) in [6.45, 7) is 3.41. The van der Waals surface area contributed by atoms with Gasteiger partial charge in [-0.2, -0.15) is 0 Å². The Kier molecular flexibility index (Phi) is 6.27. The molecule has 1 aliphatic rings. The molecule has 4 rings (SSSR count). The van der Waals surface area contributed by atoms with Crippen LogP contribution in [0.5, 0.6) is 0 Å². The zero-order valence-electron chi connectivity index (χ0n) is 16.2. The first-order valence-electron chi connectivity index (χ1n) is 9.93. The molecule has 6 heteroatoms. The molecule has 1 aromatic carbocycles. The predicted octanol–water partition coefficient (Wildman–Crippen LogP) is 4.64. The Labute approximate surface area is 175 Å². The van der Waals surface area contributed by atoms with Gasteiger partial charge in [0.05, 0.1) is 17.1 Å². The van der Waals surface area contributed by atoms with Gasteiger partial charge in [0.2, 0.25) is 0 Å². The monoisotopic (exact) mass is 409 g/mol. The molecule has 0 spiro atoms. The predicted molar refractivity (Wildman–Crippen MR) is 114 cm³/mol. The van der Waals surface area contributed by atoms with Crippen LogP contribution >= 0.6 is 11.6 Å². The van der Waals surface area contributed by atoms with E-state index in [1.165, 1.54) is 0 Å². The summed E-state index contributed by atoms with van der Waals surface area (Å²) < 4.78 is 6.04. The van der Waals surface area contributed by atoms with Crippen molar-refractivity contribution in [2.24, 2.45) is 5.92 Å². The Morgan fingerprint density at radius 1 is 1.21 bits per heavy atom. The number of hydrogen-bond acceptors (Lipinski definition) is 4. The summed E-state index contributed by atoms with van der Waals surface area (Å²) >= 11 is 6.27. The molecule has 1 aliphatic heterocycles. The van der Waals surface area contributed by atoms with E-state index in [1.54, 1.807) is 24.5 Å². The standard InChI is InChI=1S/C23H24ClN3O2/c24-21-8-2-1-7-20(21)22-10-9-19(29-22)16-27-12-4-5-17(15-27)13-26-23(28)18-6-3-11-25-14-18/h1-3,6-11,14,17H,4-5,12-13,15-16H2,(H,26,28)/t17-/m1/s1. The van der Waals surface area contributed by atoms with Crippen LogP contribution in [0.1, 0.15) is 29.0 Å². The minimum atomic E-state index is -0.0642. The molecule has 0 unspecified atom stereocenters. The van der Waals surface area contributed by atoms with Gasteiger partial charge in [-0.15, -0.1) is 0 Å². The lowest BCUT2D eigenvalue weighted by atomic mass is 9.98. The largest absolute Gasteiger partial charge is 0.460 e. The topological polar surface area (TPSA) is 58.4 Å². The molecular formula is C23H24ClN3O2. The lowest BCUT2D eigenvalue weighted by Gasteiger charge is -2.32. The summed E-state index contributed by atoms with van der Waals surface area (Å²) in [5.74, 6) is 2.09. The maximum absolute atomic E-state index is 12.2. The number of carbonyl (C=O) groups excluding carboxylic acids is 1. The number of pyridine rings is 1. The summed E-state index contributed by atoms with van der Waals surface area (Å²) in [6.07, 6.45) is 5.50. The summed E-state index contributed by atoms with van der Waals surface area (Å²) in [7, 11) is 0. The van der Waals surface area contributed by atoms with Crippen molar-refractivity contribution in [3.63, 3.8) is 0 Å². The number of furan rings is 1. The van der Waals surface area contributed by atoms with Crippen LogP contribution in [0.3, 0.4) is 0 Å². The summed E-state index contributed by atoms with van der Waals surface area (Å²) in [5.41, 5.74) is 1.51. The third kappa shape index (κ3) is 5.05. The molecule has 1 saturated heterocycles. The summed E-state index contributed by atoms with van der Waals surface area (Å²) in [5, 5.41) is 3.73. The minimum Gasteiger partial charge on any atom is -0.460 e. The molecule has 1 fully saturated rings. The SMILES string of the molecule is O=C(NC[C@H]1CCCN(Cc2ccc(-c3ccccc3Cl)o2)C1)c1cccnc1. The van der Waals surface area contributed by atoms with Crippen LogP contribution in [0.4, 0.5) is 0 Å². The van der Waals surface area contributed by atoms with E-state index >= 15 is 0 Å². The number of amides is 1. The van der Waals surface area contributed by atoms with Gasteiger partial charge in [-0.3, -0.25) is 14.7 Å². The van der Waals surface area contributed by atoms with E-state index in [9.17, 15) is 4.79 Å². The Bertz CT molecular complexity index is 958. The second-order valence-corrected chi connectivity index (χ2v) is 7.85. The highest BCUT2D eigenvalue weighted by atomic mass is 35.5. The van der Waals surface area contributed by atoms with Gasteiger partial charge in [0.25, 0.3) is 5.91 Å². The third-order valence-electron chi connectivity index (χ3n) is 5.26. The number of halogens is 1. The molecule has 0 radical (unpaired) electrons. The number of nitrogens with zero attached hydrogens (tertiary/aromatic N) is 2. The third-order valence-corrected chi connectivity index (χ3v) is 5.59. The van der Waals surface area contributed by atoms with E-state index in [0.717, 1.165) is 49.6 Å². The van der Waals surface area contributed by atoms with Crippen molar-refractivity contribution in [3.8, 4) is 11.3 Å². The molecule has 1 atom stereocenters. The maximum Gasteiger partial charge on any atom is 0.252 e. The van der Waals surface area contributed by atoms with Crippen LogP contribution < -0.4 is 5.32 Å². The number of rotatable bonds is 6. The molecule has 29 heavy (non-hydrogen) atoms. The molecular weight excluding hydrogens is 386 g/mol. The highest BCUT2D eigenvalue weighted by molar-refractivity contribution is 6.33. The van der Waals surface area contributed by atoms with Crippen LogP contribution in [0, 0.1) is 5.92 Å². The molecule has 150 valence electrons. The van der Waals surface area contributed by atoms with Crippen molar-refractivity contribution in [1.29, 1.82) is 0 Å². The fourth-order valence-electron chi connectivity index (χ4n) is 3.79. The number of piperidine rings is 1. The lowest BCUT2D eigenvalue weighted by molar-refractivity contribution is 0.0928. The fourth-order valence-corrected chi connectivity index (χ4v) is 4.02. The van der Waals surface area contributed by atoms with E-state index in [1.807, 2.05) is 36.4 Å². The molecule has 2 aromatic heterocycles. The first kappa shape index (κ1) is 19.7. The Balaban J connectivity index is 1.31. The van der Waals surface area contributed by atoms with Crippen LogP contribution in [0.2, 0.25) is 5.02 Å². The van der Waals surface area contributed by atoms with Gasteiger partial charge in [-0.25, -0.2) is 0 Å². The summed E-state index contributed by atoms with van der Waals surface area (Å²) in [4.78, 5) is 18.6. The van der Waals surface area contributed by atoms with Gasteiger partial charge in [0, 0.05) is 31.0 Å². The van der Waals surface area contributed by atoms with Crippen molar-refractivity contribution in [3.05, 3.63) is 77.3 Å². The van der Waals surface area contributed by atoms with E-state index in [2.05, 4.69) is 15.2 Å². The number of aromatic nitrogens is 1. The van der Waals surface area contributed by atoms with Crippen molar-refractivity contribution < 1.29 is 9.21 Å². The molecule has 1 N–H and O–H groups in total. The smallest absolute Gasteiger partial charge is 0.252 e. The van der Waals surface area contributed by atoms with E-state index < -0.39 is 0 Å². The fraction of sp³-hybridized carbons (Fsp3) is 0.304. The molecule has 0 aliphatic carbocycles. The molecule has 3 heterocycles. The zero-order chi connectivity index (χ0) is 20.1. The molecule has 0 bridgehead atoms. The quantitative estimate of drug-likeness (QED) is 0.644. The molecule has 3 aromatic rings. The van der Waals surface area contributed by atoms with Crippen molar-refractivity contribution in [2.45, 2.75) is 19.4 Å². The summed E-state index contributed by atoms with van der Waals surface area (Å²) in [6, 6.07) is 15.3. The van der Waals surface area contributed by atoms with E-state index in [0.29, 0.717) is 23.0 Å². The second-order valence-electron chi connectivity index (χ2n) is 7.44. The van der Waals surface area contributed by atoms with Crippen molar-refractivity contribution >= 4 is 17.5 Å².